The van der Waals surface area contributed by atoms with E-state index in [2.05, 4.69) is 15.3 Å². The van der Waals surface area contributed by atoms with Crippen molar-refractivity contribution in [3.05, 3.63) is 58.2 Å². The fourth-order valence-corrected chi connectivity index (χ4v) is 4.92. The minimum absolute atomic E-state index is 0.156. The summed E-state index contributed by atoms with van der Waals surface area (Å²) in [4.78, 5) is 23.7. The van der Waals surface area contributed by atoms with Gasteiger partial charge in [-0.3, -0.25) is 9.20 Å². The van der Waals surface area contributed by atoms with E-state index in [-0.39, 0.29) is 18.0 Å². The SMILES string of the molecule is Cc1c([C@@H](C)Nc2nc3cnc(C)n3c3c2CN(C(=O)C2(CF)CC2)C3)cccc1C(F)(F)F. The Morgan fingerprint density at radius 3 is 2.62 bits per heavy atom. The van der Waals surface area contributed by atoms with Crippen molar-refractivity contribution in [2.45, 2.75) is 58.9 Å². The van der Waals surface area contributed by atoms with Crippen LogP contribution in [0.2, 0.25) is 0 Å². The Balaban J connectivity index is 1.52. The van der Waals surface area contributed by atoms with E-state index in [1.807, 2.05) is 11.3 Å². The van der Waals surface area contributed by atoms with Gasteiger partial charge < -0.3 is 10.2 Å². The Kier molecular flexibility index (Phi) is 5.11. The van der Waals surface area contributed by atoms with Gasteiger partial charge in [-0.05, 0) is 50.8 Å². The predicted octanol–water partition coefficient (Wildman–Crippen LogP) is 5.13. The molecule has 180 valence electrons. The standard InChI is InChI=1S/C24H25F4N5O/c1-13-16(5-4-6-18(13)24(26,27)28)14(2)30-21-17-10-32(22(34)23(12-25)7-8-23)11-19(17)33-15(3)29-9-20(33)31-21/h4-6,9,14H,7-8,10-12H2,1-3H3,(H,30,31)/t14-/m1/s1. The van der Waals surface area contributed by atoms with Crippen molar-refractivity contribution in [3.8, 4) is 0 Å². The monoisotopic (exact) mass is 475 g/mol. The molecule has 0 saturated heterocycles. The molecule has 1 aliphatic carbocycles. The number of amides is 1. The van der Waals surface area contributed by atoms with Gasteiger partial charge >= 0.3 is 6.18 Å². The second-order valence-electron chi connectivity index (χ2n) is 9.34. The highest BCUT2D eigenvalue weighted by atomic mass is 19.4. The first-order chi connectivity index (χ1) is 16.1. The molecule has 1 aliphatic heterocycles. The number of nitrogens with zero attached hydrogens (tertiary/aromatic N) is 4. The Morgan fingerprint density at radius 1 is 1.24 bits per heavy atom. The smallest absolute Gasteiger partial charge is 0.363 e. The molecular formula is C24H25F4N5O. The van der Waals surface area contributed by atoms with Gasteiger partial charge in [0.25, 0.3) is 0 Å². The van der Waals surface area contributed by atoms with Crippen molar-refractivity contribution in [2.24, 2.45) is 5.41 Å². The first kappa shape index (κ1) is 22.6. The number of halogens is 4. The summed E-state index contributed by atoms with van der Waals surface area (Å²) in [5.74, 6) is 1.00. The van der Waals surface area contributed by atoms with Crippen molar-refractivity contribution >= 4 is 17.4 Å². The zero-order chi connectivity index (χ0) is 24.4. The summed E-state index contributed by atoms with van der Waals surface area (Å²) in [5.41, 5.74) is 1.27. The predicted molar refractivity (Wildman–Crippen MR) is 118 cm³/mol. The number of anilines is 1. The van der Waals surface area contributed by atoms with Gasteiger partial charge in [0, 0.05) is 5.56 Å². The molecule has 2 aliphatic rings. The summed E-state index contributed by atoms with van der Waals surface area (Å²) in [5, 5.41) is 3.28. The van der Waals surface area contributed by atoms with Crippen LogP contribution in [0.5, 0.6) is 0 Å². The molecule has 3 heterocycles. The number of hydrogen-bond acceptors (Lipinski definition) is 4. The third-order valence-corrected chi connectivity index (χ3v) is 7.09. The number of nitrogens with one attached hydrogen (secondary N) is 1. The number of alkyl halides is 4. The van der Waals surface area contributed by atoms with Crippen LogP contribution in [-0.4, -0.2) is 31.9 Å². The summed E-state index contributed by atoms with van der Waals surface area (Å²) in [7, 11) is 0. The number of aromatic nitrogens is 3. The maximum Gasteiger partial charge on any atom is 0.416 e. The number of imidazole rings is 1. The summed E-state index contributed by atoms with van der Waals surface area (Å²) in [6.07, 6.45) is -1.73. The molecule has 1 fully saturated rings. The Bertz CT molecular complexity index is 1290. The second-order valence-corrected chi connectivity index (χ2v) is 9.34. The quantitative estimate of drug-likeness (QED) is 0.520. The van der Waals surface area contributed by atoms with E-state index in [0.717, 1.165) is 17.3 Å². The third kappa shape index (κ3) is 3.50. The Hall–Kier alpha value is -3.17. The van der Waals surface area contributed by atoms with Gasteiger partial charge in [-0.1, -0.05) is 12.1 Å². The summed E-state index contributed by atoms with van der Waals surface area (Å²) in [6.45, 7) is 4.97. The van der Waals surface area contributed by atoms with E-state index in [0.29, 0.717) is 42.2 Å². The molecule has 0 radical (unpaired) electrons. The molecule has 1 N–H and O–H groups in total. The van der Waals surface area contributed by atoms with Crippen LogP contribution in [0.15, 0.2) is 24.4 Å². The minimum Gasteiger partial charge on any atom is -0.363 e. The summed E-state index contributed by atoms with van der Waals surface area (Å²) < 4.78 is 55.7. The maximum absolute atomic E-state index is 13.6. The highest BCUT2D eigenvalue weighted by Gasteiger charge is 2.53. The Labute approximate surface area is 194 Å². The lowest BCUT2D eigenvalue weighted by Crippen LogP contribution is -2.34. The molecule has 10 heteroatoms. The fraction of sp³-hybridized carbons (Fsp3) is 0.458. The van der Waals surface area contributed by atoms with E-state index in [1.165, 1.54) is 13.0 Å². The lowest BCUT2D eigenvalue weighted by molar-refractivity contribution is -0.139. The zero-order valence-corrected chi connectivity index (χ0v) is 19.1. The first-order valence-corrected chi connectivity index (χ1v) is 11.2. The molecule has 0 unspecified atom stereocenters. The second kappa shape index (κ2) is 7.68. The van der Waals surface area contributed by atoms with Crippen LogP contribution < -0.4 is 5.32 Å². The van der Waals surface area contributed by atoms with Crippen molar-refractivity contribution in [1.29, 1.82) is 0 Å². The van der Waals surface area contributed by atoms with Crippen LogP contribution in [-0.2, 0) is 24.1 Å². The topological polar surface area (TPSA) is 62.5 Å². The van der Waals surface area contributed by atoms with Crippen LogP contribution in [0.25, 0.3) is 5.65 Å². The van der Waals surface area contributed by atoms with Gasteiger partial charge in [0.1, 0.15) is 18.3 Å². The number of rotatable bonds is 5. The van der Waals surface area contributed by atoms with Crippen molar-refractivity contribution in [2.75, 3.05) is 12.0 Å². The van der Waals surface area contributed by atoms with E-state index < -0.39 is 29.9 Å². The van der Waals surface area contributed by atoms with Crippen molar-refractivity contribution in [1.82, 2.24) is 19.3 Å². The molecule has 0 bridgehead atoms. The van der Waals surface area contributed by atoms with Crippen LogP contribution in [0.1, 0.15) is 59.6 Å². The number of fused-ring (bicyclic) bond motifs is 3. The molecule has 2 aromatic heterocycles. The van der Waals surface area contributed by atoms with E-state index >= 15 is 0 Å². The molecule has 1 aromatic carbocycles. The average molecular weight is 475 g/mol. The molecule has 34 heavy (non-hydrogen) atoms. The van der Waals surface area contributed by atoms with Crippen LogP contribution >= 0.6 is 0 Å². The average Bonchev–Trinajstić information content (AvgIpc) is 3.32. The number of carbonyl (C=O) groups is 1. The molecule has 3 aromatic rings. The molecular weight excluding hydrogens is 450 g/mol. The largest absolute Gasteiger partial charge is 0.416 e. The molecule has 6 nitrogen and oxygen atoms in total. The van der Waals surface area contributed by atoms with Crippen molar-refractivity contribution < 1.29 is 22.4 Å². The van der Waals surface area contributed by atoms with Crippen LogP contribution in [0, 0.1) is 19.3 Å². The van der Waals surface area contributed by atoms with Gasteiger partial charge in [-0.2, -0.15) is 13.2 Å². The van der Waals surface area contributed by atoms with E-state index in [1.54, 1.807) is 24.1 Å². The normalized spacial score (nSPS) is 17.7. The minimum atomic E-state index is -4.44. The zero-order valence-electron chi connectivity index (χ0n) is 19.1. The third-order valence-electron chi connectivity index (χ3n) is 7.09. The lowest BCUT2D eigenvalue weighted by Gasteiger charge is -2.22. The molecule has 1 atom stereocenters. The molecule has 0 spiro atoms. The number of carbonyl (C=O) groups excluding carboxylic acids is 1. The van der Waals surface area contributed by atoms with Gasteiger partial charge in [-0.25, -0.2) is 14.4 Å². The highest BCUT2D eigenvalue weighted by Crippen LogP contribution is 2.49. The summed E-state index contributed by atoms with van der Waals surface area (Å²) in [6, 6.07) is 3.66. The Morgan fingerprint density at radius 2 is 1.97 bits per heavy atom. The van der Waals surface area contributed by atoms with Crippen LogP contribution in [0.3, 0.4) is 0 Å². The van der Waals surface area contributed by atoms with Gasteiger partial charge in [0.2, 0.25) is 5.91 Å². The van der Waals surface area contributed by atoms with Crippen molar-refractivity contribution in [3.63, 3.8) is 0 Å². The number of benzene rings is 1. The van der Waals surface area contributed by atoms with E-state index in [9.17, 15) is 22.4 Å². The van der Waals surface area contributed by atoms with E-state index in [4.69, 9.17) is 0 Å². The summed E-state index contributed by atoms with van der Waals surface area (Å²) >= 11 is 0. The van der Waals surface area contributed by atoms with Gasteiger partial charge in [-0.15, -0.1) is 0 Å². The number of aryl methyl sites for hydroxylation is 1. The number of hydrogen-bond donors (Lipinski definition) is 1. The molecule has 5 rings (SSSR count). The molecule has 1 saturated carbocycles. The lowest BCUT2D eigenvalue weighted by atomic mass is 9.97. The first-order valence-electron chi connectivity index (χ1n) is 11.2. The van der Waals surface area contributed by atoms with Crippen LogP contribution in [0.4, 0.5) is 23.4 Å². The maximum atomic E-state index is 13.6. The van der Waals surface area contributed by atoms with Gasteiger partial charge in [0.15, 0.2) is 5.65 Å². The fourth-order valence-electron chi connectivity index (χ4n) is 4.92. The highest BCUT2D eigenvalue weighted by molar-refractivity contribution is 5.86. The van der Waals surface area contributed by atoms with Gasteiger partial charge in [0.05, 0.1) is 42.0 Å². The molecule has 1 amide bonds.